The maximum atomic E-state index is 12.9. The number of ether oxygens (including phenoxy) is 1. The van der Waals surface area contributed by atoms with Crippen molar-refractivity contribution >= 4 is 17.4 Å². The molecule has 0 saturated carbocycles. The number of hydrogen-bond acceptors (Lipinski definition) is 5. The van der Waals surface area contributed by atoms with Crippen LogP contribution in [-0.4, -0.2) is 40.9 Å². The van der Waals surface area contributed by atoms with Crippen molar-refractivity contribution in [1.29, 1.82) is 0 Å². The Morgan fingerprint density at radius 2 is 1.80 bits per heavy atom. The van der Waals surface area contributed by atoms with Gasteiger partial charge in [0.15, 0.2) is 11.6 Å². The summed E-state index contributed by atoms with van der Waals surface area (Å²) in [5.74, 6) is 1.71. The van der Waals surface area contributed by atoms with Crippen molar-refractivity contribution in [3.05, 3.63) is 77.1 Å². The molecule has 0 aliphatic carbocycles. The van der Waals surface area contributed by atoms with E-state index in [1.807, 2.05) is 48.8 Å². The Labute approximate surface area is 181 Å². The van der Waals surface area contributed by atoms with Crippen molar-refractivity contribution in [3.8, 4) is 17.1 Å². The van der Waals surface area contributed by atoms with Gasteiger partial charge in [-0.3, -0.25) is 9.69 Å². The Morgan fingerprint density at radius 3 is 2.47 bits per heavy atom. The lowest BCUT2D eigenvalue weighted by Crippen LogP contribution is -2.38. The number of halogens is 1. The van der Waals surface area contributed by atoms with Crippen LogP contribution in [0.4, 0.5) is 0 Å². The van der Waals surface area contributed by atoms with E-state index in [0.717, 1.165) is 54.9 Å². The van der Waals surface area contributed by atoms with E-state index in [-0.39, 0.29) is 11.7 Å². The molecule has 2 aromatic carbocycles. The minimum absolute atomic E-state index is 0.0133. The van der Waals surface area contributed by atoms with Crippen molar-refractivity contribution in [2.75, 3.05) is 20.2 Å². The highest BCUT2D eigenvalue weighted by Crippen LogP contribution is 2.24. The zero-order valence-corrected chi connectivity index (χ0v) is 17.7. The number of likely N-dealkylation sites (tertiary alicyclic amines) is 1. The maximum Gasteiger partial charge on any atom is 0.167 e. The van der Waals surface area contributed by atoms with Crippen LogP contribution in [-0.2, 0) is 6.54 Å². The van der Waals surface area contributed by atoms with Crippen LogP contribution >= 0.6 is 11.6 Å². The van der Waals surface area contributed by atoms with E-state index in [4.69, 9.17) is 16.3 Å². The third kappa shape index (κ3) is 4.86. The second-order valence-electron chi connectivity index (χ2n) is 7.59. The summed E-state index contributed by atoms with van der Waals surface area (Å²) >= 11 is 5.94. The Bertz CT molecular complexity index is 988. The van der Waals surface area contributed by atoms with Gasteiger partial charge in [0, 0.05) is 53.1 Å². The fraction of sp³-hybridized carbons (Fsp3) is 0.292. The summed E-state index contributed by atoms with van der Waals surface area (Å²) in [6.07, 6.45) is 5.67. The predicted octanol–water partition coefficient (Wildman–Crippen LogP) is 4.90. The van der Waals surface area contributed by atoms with Gasteiger partial charge >= 0.3 is 0 Å². The molecule has 1 aromatic heterocycles. The van der Waals surface area contributed by atoms with Gasteiger partial charge in [-0.2, -0.15) is 0 Å². The number of benzene rings is 2. The first-order valence-electron chi connectivity index (χ1n) is 10.1. The number of Topliss-reactive ketones (excluding diaryl/α,β-unsaturated/α-hetero) is 1. The molecule has 0 radical (unpaired) electrons. The van der Waals surface area contributed by atoms with E-state index in [0.29, 0.717) is 10.8 Å². The summed E-state index contributed by atoms with van der Waals surface area (Å²) in [6, 6.07) is 14.9. The molecule has 4 rings (SSSR count). The second kappa shape index (κ2) is 9.37. The summed E-state index contributed by atoms with van der Waals surface area (Å²) < 4.78 is 5.19. The van der Waals surface area contributed by atoms with Crippen molar-refractivity contribution in [3.63, 3.8) is 0 Å². The molecule has 0 spiro atoms. The van der Waals surface area contributed by atoms with Gasteiger partial charge < -0.3 is 4.74 Å². The smallest absolute Gasteiger partial charge is 0.167 e. The number of aromatic nitrogens is 2. The van der Waals surface area contributed by atoms with Gasteiger partial charge in [0.25, 0.3) is 0 Å². The van der Waals surface area contributed by atoms with E-state index >= 15 is 0 Å². The average molecular weight is 422 g/mol. The second-order valence-corrected chi connectivity index (χ2v) is 8.03. The van der Waals surface area contributed by atoms with Crippen LogP contribution in [0.15, 0.2) is 60.9 Å². The third-order valence-corrected chi connectivity index (χ3v) is 5.72. The summed E-state index contributed by atoms with van der Waals surface area (Å²) in [4.78, 5) is 24.2. The minimum Gasteiger partial charge on any atom is -0.497 e. The summed E-state index contributed by atoms with van der Waals surface area (Å²) in [5.41, 5.74) is 2.74. The van der Waals surface area contributed by atoms with E-state index < -0.39 is 0 Å². The number of ketones is 1. The molecule has 3 aromatic rings. The monoisotopic (exact) mass is 421 g/mol. The molecule has 1 aliphatic heterocycles. The van der Waals surface area contributed by atoms with Gasteiger partial charge in [-0.15, -0.1) is 0 Å². The lowest BCUT2D eigenvalue weighted by Gasteiger charge is -2.31. The lowest BCUT2D eigenvalue weighted by atomic mass is 9.90. The predicted molar refractivity (Wildman–Crippen MR) is 118 cm³/mol. The summed E-state index contributed by atoms with van der Waals surface area (Å²) in [7, 11) is 1.65. The number of piperidine rings is 1. The number of nitrogens with zero attached hydrogens (tertiary/aromatic N) is 3. The van der Waals surface area contributed by atoms with Crippen LogP contribution < -0.4 is 4.74 Å². The molecule has 6 heteroatoms. The number of methoxy groups -OCH3 is 1. The molecular formula is C24H24ClN3O2. The molecule has 0 N–H and O–H groups in total. The molecule has 0 amide bonds. The average Bonchev–Trinajstić information content (AvgIpc) is 2.80. The highest BCUT2D eigenvalue weighted by molar-refractivity contribution is 6.30. The first kappa shape index (κ1) is 20.5. The number of carbonyl (C=O) groups excluding carboxylic acids is 1. The molecule has 154 valence electrons. The quantitative estimate of drug-likeness (QED) is 0.530. The summed E-state index contributed by atoms with van der Waals surface area (Å²) in [6.45, 7) is 2.47. The van der Waals surface area contributed by atoms with Gasteiger partial charge in [-0.1, -0.05) is 11.6 Å². The molecule has 0 bridgehead atoms. The van der Waals surface area contributed by atoms with Crippen LogP contribution in [0.5, 0.6) is 5.75 Å². The lowest BCUT2D eigenvalue weighted by molar-refractivity contribution is 0.0811. The molecule has 1 aliphatic rings. The van der Waals surface area contributed by atoms with Crippen molar-refractivity contribution < 1.29 is 9.53 Å². The minimum atomic E-state index is 0.0133. The highest BCUT2D eigenvalue weighted by atomic mass is 35.5. The molecule has 1 saturated heterocycles. The first-order chi connectivity index (χ1) is 14.6. The molecule has 30 heavy (non-hydrogen) atoms. The van der Waals surface area contributed by atoms with Crippen LogP contribution in [0.25, 0.3) is 11.4 Å². The van der Waals surface area contributed by atoms with Crippen LogP contribution in [0.2, 0.25) is 5.02 Å². The number of rotatable bonds is 6. The zero-order chi connectivity index (χ0) is 20.9. The van der Waals surface area contributed by atoms with E-state index in [2.05, 4.69) is 14.9 Å². The normalized spacial score (nSPS) is 16.9. The standard InChI is InChI=1S/C24H24ClN3O2/c1-30-22-10-6-19(7-11-22)24-26-13-17(14-27-24)15-28-12-2-3-20(16-28)23(29)18-4-8-21(25)9-5-18/h4-11,13-14,20H,2-3,12,15-16H2,1H3/t20-/m0/s1. The Balaban J connectivity index is 1.38. The van der Waals surface area contributed by atoms with E-state index in [1.54, 1.807) is 19.2 Å². The Morgan fingerprint density at radius 1 is 1.10 bits per heavy atom. The molecular weight excluding hydrogens is 398 g/mol. The molecule has 1 fully saturated rings. The van der Waals surface area contributed by atoms with E-state index in [1.165, 1.54) is 0 Å². The van der Waals surface area contributed by atoms with Crippen LogP contribution in [0, 0.1) is 5.92 Å². The Kier molecular flexibility index (Phi) is 6.41. The number of carbonyl (C=O) groups is 1. The largest absolute Gasteiger partial charge is 0.497 e. The SMILES string of the molecule is COc1ccc(-c2ncc(CN3CCC[C@H](C(=O)c4ccc(Cl)cc4)C3)cn2)cc1. The molecule has 1 atom stereocenters. The number of hydrogen-bond donors (Lipinski definition) is 0. The third-order valence-electron chi connectivity index (χ3n) is 5.46. The van der Waals surface area contributed by atoms with Crippen molar-refractivity contribution in [1.82, 2.24) is 14.9 Å². The topological polar surface area (TPSA) is 55.3 Å². The first-order valence-corrected chi connectivity index (χ1v) is 10.5. The summed E-state index contributed by atoms with van der Waals surface area (Å²) in [5, 5.41) is 0.648. The van der Waals surface area contributed by atoms with Gasteiger partial charge in [-0.25, -0.2) is 9.97 Å². The molecule has 2 heterocycles. The molecule has 0 unspecified atom stereocenters. The van der Waals surface area contributed by atoms with E-state index in [9.17, 15) is 4.79 Å². The fourth-order valence-electron chi connectivity index (χ4n) is 3.85. The maximum absolute atomic E-state index is 12.9. The highest BCUT2D eigenvalue weighted by Gasteiger charge is 2.26. The van der Waals surface area contributed by atoms with Gasteiger partial charge in [0.2, 0.25) is 0 Å². The Hall–Kier alpha value is -2.76. The van der Waals surface area contributed by atoms with Crippen LogP contribution in [0.1, 0.15) is 28.8 Å². The van der Waals surface area contributed by atoms with Crippen molar-refractivity contribution in [2.45, 2.75) is 19.4 Å². The van der Waals surface area contributed by atoms with Gasteiger partial charge in [-0.05, 0) is 67.9 Å². The molecule has 5 nitrogen and oxygen atoms in total. The van der Waals surface area contributed by atoms with Crippen molar-refractivity contribution in [2.24, 2.45) is 5.92 Å². The van der Waals surface area contributed by atoms with Gasteiger partial charge in [0.1, 0.15) is 5.75 Å². The van der Waals surface area contributed by atoms with Crippen LogP contribution in [0.3, 0.4) is 0 Å². The zero-order valence-electron chi connectivity index (χ0n) is 16.9. The fourth-order valence-corrected chi connectivity index (χ4v) is 3.97. The van der Waals surface area contributed by atoms with Gasteiger partial charge in [0.05, 0.1) is 7.11 Å².